The zero-order valence-electron chi connectivity index (χ0n) is 7.46. The zero-order chi connectivity index (χ0) is 8.22. The molecule has 2 aliphatic carbocycles. The average Bonchev–Trinajstić information content (AvgIpc) is 2.39. The summed E-state index contributed by atoms with van der Waals surface area (Å²) >= 11 is 0. The third-order valence-electron chi connectivity index (χ3n) is 3.58. The van der Waals surface area contributed by atoms with E-state index in [1.54, 1.807) is 0 Å². The molecule has 0 unspecified atom stereocenters. The van der Waals surface area contributed by atoms with Crippen LogP contribution in [-0.4, -0.2) is 11.2 Å². The van der Waals surface area contributed by atoms with Gasteiger partial charge in [-0.2, -0.15) is 0 Å². The quantitative estimate of drug-likeness (QED) is 0.526. The molecule has 1 heteroatoms. The van der Waals surface area contributed by atoms with E-state index < -0.39 is 0 Å². The highest BCUT2D eigenvalue weighted by molar-refractivity contribution is 5.25. The van der Waals surface area contributed by atoms with Crippen LogP contribution >= 0.6 is 0 Å². The smallest absolute Gasteiger partial charge is 0.0750 e. The van der Waals surface area contributed by atoms with Crippen molar-refractivity contribution in [2.45, 2.75) is 33.3 Å². The Morgan fingerprint density at radius 3 is 2.73 bits per heavy atom. The zero-order valence-corrected chi connectivity index (χ0v) is 7.46. The summed E-state index contributed by atoms with van der Waals surface area (Å²) in [5, 5.41) is 9.54. The van der Waals surface area contributed by atoms with Gasteiger partial charge in [0.25, 0.3) is 0 Å². The van der Waals surface area contributed by atoms with Crippen LogP contribution in [0.25, 0.3) is 0 Å². The third kappa shape index (κ3) is 0.871. The summed E-state index contributed by atoms with van der Waals surface area (Å²) in [6.07, 6.45) is 3.09. The first-order valence-corrected chi connectivity index (χ1v) is 4.40. The van der Waals surface area contributed by atoms with Crippen LogP contribution in [0.5, 0.6) is 0 Å². The van der Waals surface area contributed by atoms with E-state index in [0.29, 0.717) is 5.41 Å². The summed E-state index contributed by atoms with van der Waals surface area (Å²) in [6, 6.07) is 0. The Kier molecular flexibility index (Phi) is 1.26. The molecule has 62 valence electrons. The molecule has 0 saturated heterocycles. The predicted octanol–water partition coefficient (Wildman–Crippen LogP) is 1.97. The number of hydrogen-bond donors (Lipinski definition) is 1. The summed E-state index contributed by atoms with van der Waals surface area (Å²) in [7, 11) is 0. The maximum atomic E-state index is 9.54. The van der Waals surface area contributed by atoms with Gasteiger partial charge in [-0.05, 0) is 36.2 Å². The van der Waals surface area contributed by atoms with Gasteiger partial charge in [0.15, 0.2) is 0 Å². The van der Waals surface area contributed by atoms with Gasteiger partial charge in [0.05, 0.1) is 6.10 Å². The van der Waals surface area contributed by atoms with E-state index >= 15 is 0 Å². The molecule has 0 aromatic rings. The van der Waals surface area contributed by atoms with Crippen LogP contribution in [0, 0.1) is 17.3 Å². The van der Waals surface area contributed by atoms with Crippen LogP contribution in [0.15, 0.2) is 11.6 Å². The molecule has 0 amide bonds. The largest absolute Gasteiger partial charge is 0.389 e. The van der Waals surface area contributed by atoms with E-state index in [4.69, 9.17) is 0 Å². The van der Waals surface area contributed by atoms with E-state index in [-0.39, 0.29) is 6.10 Å². The lowest BCUT2D eigenvalue weighted by Gasteiger charge is -2.14. The first-order valence-electron chi connectivity index (χ1n) is 4.40. The summed E-state index contributed by atoms with van der Waals surface area (Å²) in [5.41, 5.74) is 1.65. The van der Waals surface area contributed by atoms with Crippen molar-refractivity contribution in [1.82, 2.24) is 0 Å². The standard InChI is InChI=1S/C10H16O/c1-6-4-7-8(5-9(6)11)10(7,2)3/h4,7-9,11H,5H2,1-3H3/t7-,8+,9+/m1/s1. The van der Waals surface area contributed by atoms with E-state index in [9.17, 15) is 5.11 Å². The van der Waals surface area contributed by atoms with Crippen molar-refractivity contribution in [3.63, 3.8) is 0 Å². The molecule has 2 aliphatic rings. The molecule has 2 rings (SSSR count). The SMILES string of the molecule is CC1=C[C@@H]2[C@H](C[C@@H]1O)C2(C)C. The van der Waals surface area contributed by atoms with Crippen molar-refractivity contribution in [3.05, 3.63) is 11.6 Å². The van der Waals surface area contributed by atoms with Gasteiger partial charge < -0.3 is 5.11 Å². The lowest BCUT2D eigenvalue weighted by atomic mass is 9.98. The Bertz CT molecular complexity index is 215. The molecule has 0 bridgehead atoms. The molecule has 1 saturated carbocycles. The van der Waals surface area contributed by atoms with Crippen LogP contribution in [-0.2, 0) is 0 Å². The van der Waals surface area contributed by atoms with Crippen molar-refractivity contribution < 1.29 is 5.11 Å². The van der Waals surface area contributed by atoms with Gasteiger partial charge in [0, 0.05) is 0 Å². The number of allylic oxidation sites excluding steroid dienone is 1. The maximum absolute atomic E-state index is 9.54. The lowest BCUT2D eigenvalue weighted by molar-refractivity contribution is 0.182. The molecule has 0 aliphatic heterocycles. The minimum absolute atomic E-state index is 0.155. The lowest BCUT2D eigenvalue weighted by Crippen LogP contribution is -2.13. The average molecular weight is 152 g/mol. The maximum Gasteiger partial charge on any atom is 0.0750 e. The van der Waals surface area contributed by atoms with Crippen molar-refractivity contribution in [3.8, 4) is 0 Å². The van der Waals surface area contributed by atoms with Gasteiger partial charge in [-0.3, -0.25) is 0 Å². The van der Waals surface area contributed by atoms with Gasteiger partial charge >= 0.3 is 0 Å². The molecular formula is C10H16O. The second-order valence-electron chi connectivity index (χ2n) is 4.62. The van der Waals surface area contributed by atoms with Crippen LogP contribution in [0.2, 0.25) is 0 Å². The van der Waals surface area contributed by atoms with Gasteiger partial charge in [-0.15, -0.1) is 0 Å². The van der Waals surface area contributed by atoms with Gasteiger partial charge in [-0.1, -0.05) is 19.9 Å². The molecular weight excluding hydrogens is 136 g/mol. The second-order valence-corrected chi connectivity index (χ2v) is 4.62. The van der Waals surface area contributed by atoms with E-state index in [0.717, 1.165) is 18.3 Å². The molecule has 0 heterocycles. The van der Waals surface area contributed by atoms with Gasteiger partial charge in [0.2, 0.25) is 0 Å². The number of aliphatic hydroxyl groups excluding tert-OH is 1. The summed E-state index contributed by atoms with van der Waals surface area (Å²) in [4.78, 5) is 0. The Morgan fingerprint density at radius 2 is 2.18 bits per heavy atom. The molecule has 0 spiro atoms. The Hall–Kier alpha value is -0.300. The fourth-order valence-corrected chi connectivity index (χ4v) is 2.39. The van der Waals surface area contributed by atoms with E-state index in [2.05, 4.69) is 19.9 Å². The Morgan fingerprint density at radius 1 is 1.55 bits per heavy atom. The molecule has 0 aromatic carbocycles. The fourth-order valence-electron chi connectivity index (χ4n) is 2.39. The number of aliphatic hydroxyl groups is 1. The molecule has 3 atom stereocenters. The summed E-state index contributed by atoms with van der Waals surface area (Å²) in [5.74, 6) is 1.51. The monoisotopic (exact) mass is 152 g/mol. The van der Waals surface area contributed by atoms with Crippen LogP contribution in [0.3, 0.4) is 0 Å². The molecule has 0 aromatic heterocycles. The highest BCUT2D eigenvalue weighted by Gasteiger charge is 2.58. The van der Waals surface area contributed by atoms with Gasteiger partial charge in [-0.25, -0.2) is 0 Å². The third-order valence-corrected chi connectivity index (χ3v) is 3.58. The van der Waals surface area contributed by atoms with E-state index in [1.165, 1.54) is 5.57 Å². The Balaban J connectivity index is 2.22. The minimum atomic E-state index is -0.155. The number of fused-ring (bicyclic) bond motifs is 1. The normalized spacial score (nSPS) is 46.2. The first-order chi connectivity index (χ1) is 5.03. The molecule has 1 N–H and O–H groups in total. The topological polar surface area (TPSA) is 20.2 Å². The molecule has 1 fully saturated rings. The van der Waals surface area contributed by atoms with Gasteiger partial charge in [0.1, 0.15) is 0 Å². The highest BCUT2D eigenvalue weighted by Crippen LogP contribution is 2.63. The number of hydrogen-bond acceptors (Lipinski definition) is 1. The summed E-state index contributed by atoms with van der Waals surface area (Å²) in [6.45, 7) is 6.63. The van der Waals surface area contributed by atoms with Crippen molar-refractivity contribution >= 4 is 0 Å². The first kappa shape index (κ1) is 7.35. The van der Waals surface area contributed by atoms with Crippen LogP contribution in [0.4, 0.5) is 0 Å². The Labute approximate surface area is 68.1 Å². The minimum Gasteiger partial charge on any atom is -0.389 e. The van der Waals surface area contributed by atoms with Crippen molar-refractivity contribution in [1.29, 1.82) is 0 Å². The molecule has 1 nitrogen and oxygen atoms in total. The predicted molar refractivity (Wildman–Crippen MR) is 45.1 cm³/mol. The molecule has 0 radical (unpaired) electrons. The second kappa shape index (κ2) is 1.89. The van der Waals surface area contributed by atoms with Crippen molar-refractivity contribution in [2.75, 3.05) is 0 Å². The highest BCUT2D eigenvalue weighted by atomic mass is 16.3. The van der Waals surface area contributed by atoms with Crippen molar-refractivity contribution in [2.24, 2.45) is 17.3 Å². The van der Waals surface area contributed by atoms with E-state index in [1.807, 2.05) is 6.92 Å². The number of rotatable bonds is 0. The van der Waals surface area contributed by atoms with Crippen LogP contribution in [0.1, 0.15) is 27.2 Å². The summed E-state index contributed by atoms with van der Waals surface area (Å²) < 4.78 is 0. The molecule has 11 heavy (non-hydrogen) atoms. The van der Waals surface area contributed by atoms with Crippen LogP contribution < -0.4 is 0 Å². The fraction of sp³-hybridized carbons (Fsp3) is 0.800.